The van der Waals surface area contributed by atoms with Crippen LogP contribution >= 0.6 is 11.1 Å². The fourth-order valence-corrected chi connectivity index (χ4v) is 4.27. The topological polar surface area (TPSA) is 127 Å². The molecule has 0 bridgehead atoms. The molecule has 3 aromatic rings. The number of phenolic OH excluding ortho intramolecular Hbond substituents is 1. The first-order valence-corrected chi connectivity index (χ1v) is 11.3. The summed E-state index contributed by atoms with van der Waals surface area (Å²) >= 11 is -1.79. The van der Waals surface area contributed by atoms with Crippen LogP contribution < -0.4 is 10.6 Å². The van der Waals surface area contributed by atoms with Crippen molar-refractivity contribution in [3.8, 4) is 5.75 Å². The Bertz CT molecular complexity index is 1070. The molecule has 4 rings (SSSR count). The zero-order valence-corrected chi connectivity index (χ0v) is 18.2. The van der Waals surface area contributed by atoms with Gasteiger partial charge in [-0.25, -0.2) is 0 Å². The number of nitrogens with zero attached hydrogens (tertiary/aromatic N) is 3. The van der Waals surface area contributed by atoms with E-state index in [9.17, 15) is 14.5 Å². The Labute approximate surface area is 183 Å². The molecule has 9 nitrogen and oxygen atoms in total. The van der Waals surface area contributed by atoms with Crippen LogP contribution in [0.25, 0.3) is 0 Å². The summed E-state index contributed by atoms with van der Waals surface area (Å²) in [6.45, 7) is 5.31. The number of nitrogens with one attached hydrogen (secondary N) is 2. The first-order valence-electron chi connectivity index (χ1n) is 10.3. The molecule has 3 heterocycles. The Morgan fingerprint density at radius 2 is 2.06 bits per heavy atom. The van der Waals surface area contributed by atoms with E-state index in [0.29, 0.717) is 31.0 Å². The van der Waals surface area contributed by atoms with Gasteiger partial charge < -0.3 is 29.6 Å². The van der Waals surface area contributed by atoms with Crippen molar-refractivity contribution in [3.05, 3.63) is 47.4 Å². The summed E-state index contributed by atoms with van der Waals surface area (Å²) in [5.41, 5.74) is 1.51. The Morgan fingerprint density at radius 3 is 2.74 bits per heavy atom. The van der Waals surface area contributed by atoms with Crippen LogP contribution in [0.3, 0.4) is 0 Å². The third-order valence-corrected chi connectivity index (χ3v) is 5.97. The molecule has 3 N–H and O–H groups in total. The van der Waals surface area contributed by atoms with Crippen molar-refractivity contribution in [3.63, 3.8) is 0 Å². The van der Waals surface area contributed by atoms with Gasteiger partial charge in [-0.15, -0.1) is 0 Å². The van der Waals surface area contributed by atoms with Gasteiger partial charge in [-0.2, -0.15) is 0 Å². The molecule has 31 heavy (non-hydrogen) atoms. The molecular formula is C21H25N5O4S. The Hall–Kier alpha value is -3.11. The number of rotatable bonds is 7. The number of aromatic hydroxyl groups is 1. The number of carbonyl (C=O) groups is 1. The highest BCUT2D eigenvalue weighted by atomic mass is 32.2. The van der Waals surface area contributed by atoms with Gasteiger partial charge in [-0.3, -0.25) is 4.79 Å². The summed E-state index contributed by atoms with van der Waals surface area (Å²) in [7, 11) is 0. The van der Waals surface area contributed by atoms with Crippen LogP contribution in [-0.4, -0.2) is 42.3 Å². The predicted molar refractivity (Wildman–Crippen MR) is 117 cm³/mol. The lowest BCUT2D eigenvalue weighted by Gasteiger charge is -2.17. The van der Waals surface area contributed by atoms with Crippen LogP contribution in [0, 0.1) is 6.92 Å². The van der Waals surface area contributed by atoms with Gasteiger partial charge in [-0.1, -0.05) is 13.0 Å². The zero-order valence-electron chi connectivity index (χ0n) is 17.4. The molecule has 1 aliphatic rings. The van der Waals surface area contributed by atoms with Crippen molar-refractivity contribution >= 4 is 34.4 Å². The van der Waals surface area contributed by atoms with E-state index in [-0.39, 0.29) is 29.1 Å². The summed E-state index contributed by atoms with van der Waals surface area (Å²) in [6, 6.07) is 6.64. The molecular weight excluding hydrogens is 418 g/mol. The lowest BCUT2D eigenvalue weighted by molar-refractivity contribution is 0.0790. The number of aromatic nitrogens is 2. The second-order valence-electron chi connectivity index (χ2n) is 7.57. The minimum Gasteiger partial charge on any atom is -0.546 e. The molecule has 2 aromatic heterocycles. The number of aryl methyl sites for hydroxylation is 1. The number of amides is 1. The van der Waals surface area contributed by atoms with E-state index in [1.807, 2.05) is 19.9 Å². The lowest BCUT2D eigenvalue weighted by Crippen LogP contribution is -2.27. The molecule has 164 valence electrons. The van der Waals surface area contributed by atoms with Crippen LogP contribution in [-0.2, 0) is 0 Å². The quantitative estimate of drug-likeness (QED) is 0.363. The number of likely N-dealkylation sites (tertiary alicyclic amines) is 1. The normalized spacial score (nSPS) is 15.2. The fraction of sp³-hybridized carbons (Fsp3) is 0.381. The van der Waals surface area contributed by atoms with Gasteiger partial charge in [-0.05, 0) is 49.9 Å². The number of hydrogen-bond acceptors (Lipinski definition) is 8. The zero-order chi connectivity index (χ0) is 22.0. The molecule has 0 spiro atoms. The van der Waals surface area contributed by atoms with Crippen LogP contribution in [0.15, 0.2) is 34.9 Å². The average molecular weight is 444 g/mol. The molecule has 1 aromatic carbocycles. The van der Waals surface area contributed by atoms with E-state index in [1.165, 1.54) is 0 Å². The van der Waals surface area contributed by atoms with E-state index in [2.05, 4.69) is 19.4 Å². The Balaban J connectivity index is 1.57. The van der Waals surface area contributed by atoms with Gasteiger partial charge in [0.1, 0.15) is 5.76 Å². The Morgan fingerprint density at radius 1 is 1.32 bits per heavy atom. The van der Waals surface area contributed by atoms with E-state index in [1.54, 1.807) is 29.4 Å². The van der Waals surface area contributed by atoms with Gasteiger partial charge in [0.05, 0.1) is 23.6 Å². The summed E-state index contributed by atoms with van der Waals surface area (Å²) < 4.78 is 25.7. The maximum Gasteiger partial charge on any atom is 0.257 e. The molecule has 10 heteroatoms. The van der Waals surface area contributed by atoms with Crippen molar-refractivity contribution in [1.29, 1.82) is 0 Å². The van der Waals surface area contributed by atoms with Crippen LogP contribution in [0.5, 0.6) is 5.75 Å². The first-order chi connectivity index (χ1) is 15.0. The smallest absolute Gasteiger partial charge is 0.257 e. The SMILES string of the molecule is CC[C@@H](Nc1n[s+]([O-])nc1Nc1cccc(C(=O)N2CCCC2)c1O)c1cc(C)co1. The molecule has 0 saturated carbocycles. The van der Waals surface area contributed by atoms with Gasteiger partial charge in [0.25, 0.3) is 5.91 Å². The number of benzene rings is 1. The summed E-state index contributed by atoms with van der Waals surface area (Å²) in [5.74, 6) is 0.881. The van der Waals surface area contributed by atoms with Crippen LogP contribution in [0.2, 0.25) is 0 Å². The summed E-state index contributed by atoms with van der Waals surface area (Å²) in [4.78, 5) is 14.5. The highest BCUT2D eigenvalue weighted by molar-refractivity contribution is 7.14. The second kappa shape index (κ2) is 8.94. The third kappa shape index (κ3) is 4.49. The molecule has 0 radical (unpaired) electrons. The fourth-order valence-electron chi connectivity index (χ4n) is 3.65. The second-order valence-corrected chi connectivity index (χ2v) is 8.39. The minimum absolute atomic E-state index is 0.173. The monoisotopic (exact) mass is 443 g/mol. The van der Waals surface area contributed by atoms with Crippen LogP contribution in [0.1, 0.15) is 53.9 Å². The number of anilines is 3. The molecule has 0 aliphatic carbocycles. The standard InChI is InChI=1S/C21H25N5O4S/c1-3-15(17-11-13(2)12-30-17)22-19-20(25-31(29)24-19)23-16-8-6-7-14(18(16)27)21(28)26-9-4-5-10-26/h6-8,11-12,15,27H,3-5,9-10H2,1-2H3,(H,22,24)(H,23,25)/t15-,31?/m1/s1. The van der Waals surface area contributed by atoms with Crippen molar-refractivity contribution in [1.82, 2.24) is 13.6 Å². The van der Waals surface area contributed by atoms with E-state index >= 15 is 0 Å². The maximum absolute atomic E-state index is 12.7. The number of hydrogen-bond donors (Lipinski definition) is 3. The first kappa shape index (κ1) is 21.1. The van der Waals surface area contributed by atoms with E-state index < -0.39 is 11.1 Å². The maximum atomic E-state index is 12.7. The number of furan rings is 1. The highest BCUT2D eigenvalue weighted by Gasteiger charge is 2.25. The number of para-hydroxylation sites is 1. The van der Waals surface area contributed by atoms with E-state index in [4.69, 9.17) is 4.42 Å². The number of carbonyl (C=O) groups excluding carboxylic acids is 1. The predicted octanol–water partition coefficient (Wildman–Crippen LogP) is 4.35. The van der Waals surface area contributed by atoms with Gasteiger partial charge >= 0.3 is 0 Å². The molecule has 1 aliphatic heterocycles. The van der Waals surface area contributed by atoms with E-state index in [0.717, 1.165) is 24.2 Å². The largest absolute Gasteiger partial charge is 0.546 e. The molecule has 1 unspecified atom stereocenters. The van der Waals surface area contributed by atoms with Gasteiger partial charge in [0.15, 0.2) is 16.9 Å². The van der Waals surface area contributed by atoms with Crippen molar-refractivity contribution in [2.45, 2.75) is 39.2 Å². The van der Waals surface area contributed by atoms with Gasteiger partial charge in [0, 0.05) is 21.8 Å². The highest BCUT2D eigenvalue weighted by Crippen LogP contribution is 2.35. The number of phenols is 1. The van der Waals surface area contributed by atoms with Crippen LogP contribution in [0.4, 0.5) is 17.3 Å². The average Bonchev–Trinajstić information content (AvgIpc) is 3.49. The van der Waals surface area contributed by atoms with Crippen molar-refractivity contribution < 1.29 is 18.9 Å². The van der Waals surface area contributed by atoms with Crippen molar-refractivity contribution in [2.75, 3.05) is 23.7 Å². The molecule has 1 amide bonds. The Kier molecular flexibility index (Phi) is 6.10. The summed E-state index contributed by atoms with van der Waals surface area (Å²) in [6.07, 6.45) is 4.30. The van der Waals surface area contributed by atoms with Crippen molar-refractivity contribution in [2.24, 2.45) is 0 Å². The lowest BCUT2D eigenvalue weighted by atomic mass is 10.1. The molecule has 2 atom stereocenters. The van der Waals surface area contributed by atoms with Gasteiger partial charge in [0.2, 0.25) is 11.6 Å². The third-order valence-electron chi connectivity index (χ3n) is 5.29. The summed E-state index contributed by atoms with van der Waals surface area (Å²) in [5, 5.41) is 16.9. The molecule has 1 saturated heterocycles. The molecule has 1 fully saturated rings. The minimum atomic E-state index is -1.79.